The van der Waals surface area contributed by atoms with Crippen molar-refractivity contribution in [1.82, 2.24) is 19.7 Å². The molecule has 0 N–H and O–H groups in total. The number of benzene rings is 1. The predicted octanol–water partition coefficient (Wildman–Crippen LogP) is 3.41. The van der Waals surface area contributed by atoms with Crippen LogP contribution in [0.15, 0.2) is 40.8 Å². The summed E-state index contributed by atoms with van der Waals surface area (Å²) in [5.74, 6) is 2.45. The third-order valence-electron chi connectivity index (χ3n) is 4.37. The van der Waals surface area contributed by atoms with Gasteiger partial charge in [-0.3, -0.25) is 4.79 Å². The molecule has 0 unspecified atom stereocenters. The van der Waals surface area contributed by atoms with Crippen LogP contribution in [-0.4, -0.2) is 32.6 Å². The molecule has 128 valence electrons. The Morgan fingerprint density at radius 3 is 2.96 bits per heavy atom. The van der Waals surface area contributed by atoms with Gasteiger partial charge in [0.05, 0.1) is 11.6 Å². The lowest BCUT2D eigenvalue weighted by atomic mass is 10.2. The Bertz CT molecular complexity index is 931. The molecule has 0 spiro atoms. The van der Waals surface area contributed by atoms with E-state index < -0.39 is 0 Å². The quantitative estimate of drug-likeness (QED) is 0.718. The van der Waals surface area contributed by atoms with Gasteiger partial charge in [0.25, 0.3) is 5.91 Å². The van der Waals surface area contributed by atoms with Crippen molar-refractivity contribution in [3.05, 3.63) is 58.8 Å². The Hall–Kier alpha value is -2.60. The first kappa shape index (κ1) is 15.9. The number of nitrogens with zero attached hydrogens (tertiary/aromatic N) is 4. The summed E-state index contributed by atoms with van der Waals surface area (Å²) in [6.45, 7) is 1.31. The highest BCUT2D eigenvalue weighted by Crippen LogP contribution is 2.29. The minimum Gasteiger partial charge on any atom is -0.451 e. The Balaban J connectivity index is 1.52. The molecule has 1 aliphatic heterocycles. The van der Waals surface area contributed by atoms with Crippen LogP contribution in [0, 0.1) is 0 Å². The Morgan fingerprint density at radius 2 is 2.12 bits per heavy atom. The number of hydrogen-bond acceptors (Lipinski definition) is 4. The largest absolute Gasteiger partial charge is 0.451 e. The topological polar surface area (TPSA) is 64.2 Å². The van der Waals surface area contributed by atoms with E-state index >= 15 is 0 Å². The van der Waals surface area contributed by atoms with Gasteiger partial charge in [0.1, 0.15) is 11.6 Å². The van der Waals surface area contributed by atoms with Crippen molar-refractivity contribution in [2.24, 2.45) is 0 Å². The van der Waals surface area contributed by atoms with Crippen LogP contribution in [0.3, 0.4) is 0 Å². The van der Waals surface area contributed by atoms with Gasteiger partial charge >= 0.3 is 0 Å². The van der Waals surface area contributed by atoms with Gasteiger partial charge in [-0.1, -0.05) is 23.7 Å². The zero-order valence-electron chi connectivity index (χ0n) is 13.8. The molecule has 6 nitrogen and oxygen atoms in total. The van der Waals surface area contributed by atoms with Crippen molar-refractivity contribution in [2.45, 2.75) is 25.9 Å². The third-order valence-corrected chi connectivity index (χ3v) is 4.70. The van der Waals surface area contributed by atoms with Crippen molar-refractivity contribution in [2.75, 3.05) is 7.05 Å². The average Bonchev–Trinajstić information content (AvgIpc) is 3.32. The van der Waals surface area contributed by atoms with Gasteiger partial charge in [-0.25, -0.2) is 0 Å². The Morgan fingerprint density at radius 1 is 1.28 bits per heavy atom. The second kappa shape index (κ2) is 6.37. The number of carbonyl (C=O) groups excluding carboxylic acids is 1. The summed E-state index contributed by atoms with van der Waals surface area (Å²) >= 11 is 6.19. The third kappa shape index (κ3) is 2.93. The van der Waals surface area contributed by atoms with E-state index in [4.69, 9.17) is 16.0 Å². The molecule has 4 rings (SSSR count). The first-order valence-electron chi connectivity index (χ1n) is 8.14. The van der Waals surface area contributed by atoms with E-state index in [1.54, 1.807) is 30.1 Å². The highest BCUT2D eigenvalue weighted by Gasteiger charge is 2.22. The summed E-state index contributed by atoms with van der Waals surface area (Å²) in [6.07, 6.45) is 2.03. The summed E-state index contributed by atoms with van der Waals surface area (Å²) in [4.78, 5) is 14.2. The second-order valence-electron chi connectivity index (χ2n) is 6.09. The van der Waals surface area contributed by atoms with Crippen molar-refractivity contribution < 1.29 is 9.21 Å². The van der Waals surface area contributed by atoms with Gasteiger partial charge in [0, 0.05) is 25.6 Å². The number of halogens is 1. The zero-order valence-corrected chi connectivity index (χ0v) is 14.5. The van der Waals surface area contributed by atoms with Gasteiger partial charge in [-0.15, -0.1) is 10.2 Å². The monoisotopic (exact) mass is 356 g/mol. The molecule has 1 aromatic carbocycles. The molecular weight excluding hydrogens is 340 g/mol. The lowest BCUT2D eigenvalue weighted by Crippen LogP contribution is -2.27. The molecule has 0 aliphatic carbocycles. The lowest BCUT2D eigenvalue weighted by molar-refractivity contribution is 0.0749. The first-order valence-corrected chi connectivity index (χ1v) is 8.52. The van der Waals surface area contributed by atoms with E-state index in [1.165, 1.54) is 0 Å². The van der Waals surface area contributed by atoms with Gasteiger partial charge in [0.15, 0.2) is 11.6 Å². The summed E-state index contributed by atoms with van der Waals surface area (Å²) < 4.78 is 7.81. The number of hydrogen-bond donors (Lipinski definition) is 0. The lowest BCUT2D eigenvalue weighted by Gasteiger charge is -2.15. The number of furan rings is 1. The van der Waals surface area contributed by atoms with Crippen LogP contribution in [0.25, 0.3) is 11.3 Å². The highest BCUT2D eigenvalue weighted by atomic mass is 35.5. The molecule has 0 fully saturated rings. The average molecular weight is 357 g/mol. The molecule has 1 aliphatic rings. The highest BCUT2D eigenvalue weighted by molar-refractivity contribution is 6.33. The molecular formula is C18H17ClN4O2. The van der Waals surface area contributed by atoms with Gasteiger partial charge in [0.2, 0.25) is 0 Å². The zero-order chi connectivity index (χ0) is 17.4. The molecule has 0 bridgehead atoms. The fourth-order valence-corrected chi connectivity index (χ4v) is 3.29. The van der Waals surface area contributed by atoms with E-state index in [2.05, 4.69) is 14.8 Å². The summed E-state index contributed by atoms with van der Waals surface area (Å²) in [5, 5.41) is 8.95. The first-order chi connectivity index (χ1) is 12.1. The van der Waals surface area contributed by atoms with Crippen LogP contribution in [0.2, 0.25) is 5.02 Å². The molecule has 3 heterocycles. The summed E-state index contributed by atoms with van der Waals surface area (Å²) in [5.41, 5.74) is 0.765. The predicted molar refractivity (Wildman–Crippen MR) is 93.3 cm³/mol. The van der Waals surface area contributed by atoms with Crippen molar-refractivity contribution in [1.29, 1.82) is 0 Å². The van der Waals surface area contributed by atoms with Crippen molar-refractivity contribution in [3.8, 4) is 11.3 Å². The molecule has 25 heavy (non-hydrogen) atoms. The van der Waals surface area contributed by atoms with Crippen LogP contribution in [-0.2, 0) is 19.5 Å². The van der Waals surface area contributed by atoms with Crippen LogP contribution in [0.4, 0.5) is 0 Å². The molecule has 7 heteroatoms. The maximum Gasteiger partial charge on any atom is 0.289 e. The van der Waals surface area contributed by atoms with Gasteiger partial charge in [-0.2, -0.15) is 0 Å². The van der Waals surface area contributed by atoms with Gasteiger partial charge in [-0.05, 0) is 30.7 Å². The van der Waals surface area contributed by atoms with Gasteiger partial charge < -0.3 is 13.9 Å². The molecule has 0 radical (unpaired) electrons. The summed E-state index contributed by atoms with van der Waals surface area (Å²) in [6, 6.07) is 10.8. The summed E-state index contributed by atoms with van der Waals surface area (Å²) in [7, 11) is 1.73. The second-order valence-corrected chi connectivity index (χ2v) is 6.50. The molecule has 0 atom stereocenters. The number of amides is 1. The number of carbonyl (C=O) groups is 1. The molecule has 0 saturated carbocycles. The normalized spacial score (nSPS) is 13.0. The minimum atomic E-state index is -0.200. The molecule has 0 saturated heterocycles. The van der Waals surface area contributed by atoms with Crippen molar-refractivity contribution >= 4 is 17.5 Å². The van der Waals surface area contributed by atoms with Crippen LogP contribution < -0.4 is 0 Å². The maximum atomic E-state index is 12.6. The van der Waals surface area contributed by atoms with E-state index in [-0.39, 0.29) is 11.7 Å². The van der Waals surface area contributed by atoms with E-state index in [9.17, 15) is 4.79 Å². The maximum absolute atomic E-state index is 12.6. The number of fused-ring (bicyclic) bond motifs is 1. The van der Waals surface area contributed by atoms with E-state index in [1.807, 2.05) is 18.2 Å². The fraction of sp³-hybridized carbons (Fsp3) is 0.278. The minimum absolute atomic E-state index is 0.200. The van der Waals surface area contributed by atoms with Crippen molar-refractivity contribution in [3.63, 3.8) is 0 Å². The molecule has 1 amide bonds. The van der Waals surface area contributed by atoms with Crippen LogP contribution in [0.1, 0.15) is 28.6 Å². The number of aromatic nitrogens is 3. The Labute approximate surface area is 150 Å². The SMILES string of the molecule is CN(Cc1nnc2n1CCC2)C(=O)c1ccc(-c2ccccc2Cl)o1. The number of rotatable bonds is 4. The van der Waals surface area contributed by atoms with Crippen LogP contribution in [0.5, 0.6) is 0 Å². The van der Waals surface area contributed by atoms with E-state index in [0.717, 1.165) is 36.6 Å². The molecule has 3 aromatic rings. The number of aryl methyl sites for hydroxylation is 1. The smallest absolute Gasteiger partial charge is 0.289 e. The Kier molecular flexibility index (Phi) is 4.05. The molecule has 2 aromatic heterocycles. The standard InChI is InChI=1S/C18H17ClN4O2/c1-22(11-17-21-20-16-7-4-10-23(16)17)18(24)15-9-8-14(25-15)12-5-2-3-6-13(12)19/h2-3,5-6,8-9H,4,7,10-11H2,1H3. The van der Waals surface area contributed by atoms with E-state index in [0.29, 0.717) is 17.3 Å². The fourth-order valence-electron chi connectivity index (χ4n) is 3.06. The van der Waals surface area contributed by atoms with Crippen LogP contribution >= 0.6 is 11.6 Å².